The lowest BCUT2D eigenvalue weighted by Crippen LogP contribution is -2.27. The molecule has 0 aliphatic rings. The van der Waals surface area contributed by atoms with Gasteiger partial charge in [-0.3, -0.25) is 19.2 Å². The summed E-state index contributed by atoms with van der Waals surface area (Å²) in [7, 11) is 0. The van der Waals surface area contributed by atoms with Crippen molar-refractivity contribution in [2.45, 2.75) is 27.7 Å². The summed E-state index contributed by atoms with van der Waals surface area (Å²) in [6.45, 7) is 6.76. The van der Waals surface area contributed by atoms with Gasteiger partial charge in [0.2, 0.25) is 11.8 Å². The van der Waals surface area contributed by atoms with Crippen molar-refractivity contribution < 1.29 is 19.2 Å². The summed E-state index contributed by atoms with van der Waals surface area (Å²) in [6, 6.07) is 9.74. The van der Waals surface area contributed by atoms with Crippen molar-refractivity contribution in [3.05, 3.63) is 47.5 Å². The van der Waals surface area contributed by atoms with E-state index in [0.717, 1.165) is 0 Å². The normalized spacial score (nSPS) is 10.8. The Hall–Kier alpha value is -3.28. The number of rotatable bonds is 5. The van der Waals surface area contributed by atoms with Crippen molar-refractivity contribution >= 4 is 35.8 Å². The Morgan fingerprint density at radius 2 is 1.41 bits per heavy atom. The van der Waals surface area contributed by atoms with Gasteiger partial charge in [0.15, 0.2) is 12.6 Å². The lowest BCUT2D eigenvalue weighted by molar-refractivity contribution is -0.123. The van der Waals surface area contributed by atoms with Gasteiger partial charge in [-0.15, -0.1) is 0 Å². The van der Waals surface area contributed by atoms with Gasteiger partial charge in [0.05, 0.1) is 0 Å². The maximum atomic E-state index is 12.2. The first-order valence-electron chi connectivity index (χ1n) is 8.43. The Labute approximate surface area is 158 Å². The molecule has 2 aromatic rings. The molecule has 0 aliphatic carbocycles. The van der Waals surface area contributed by atoms with Crippen molar-refractivity contribution in [1.29, 1.82) is 0 Å². The second kappa shape index (κ2) is 7.95. The summed E-state index contributed by atoms with van der Waals surface area (Å²) in [4.78, 5) is 46.5. The van der Waals surface area contributed by atoms with Crippen LogP contribution in [0.15, 0.2) is 36.4 Å². The zero-order chi connectivity index (χ0) is 20.2. The van der Waals surface area contributed by atoms with Gasteiger partial charge < -0.3 is 10.6 Å². The SMILES string of the molecule is CC(=O)Nc1ccc(C=O)c(-c2ccc(NC(=O)C(C)(C)C)cc2C=O)c1. The van der Waals surface area contributed by atoms with Crippen LogP contribution < -0.4 is 10.6 Å². The number of carbonyl (C=O) groups is 4. The minimum atomic E-state index is -0.572. The average molecular weight is 366 g/mol. The molecule has 27 heavy (non-hydrogen) atoms. The number of aldehydes is 2. The first-order chi connectivity index (χ1) is 12.7. The summed E-state index contributed by atoms with van der Waals surface area (Å²) >= 11 is 0. The zero-order valence-electron chi connectivity index (χ0n) is 15.8. The Bertz CT molecular complexity index is 911. The number of nitrogens with one attached hydrogen (secondary N) is 2. The summed E-state index contributed by atoms with van der Waals surface area (Å²) in [5.41, 5.74) is 2.21. The number of amides is 2. The monoisotopic (exact) mass is 366 g/mol. The molecule has 0 spiro atoms. The van der Waals surface area contributed by atoms with Crippen LogP contribution in [0.1, 0.15) is 48.4 Å². The van der Waals surface area contributed by atoms with Crippen molar-refractivity contribution in [1.82, 2.24) is 0 Å². The van der Waals surface area contributed by atoms with Crippen LogP contribution in [0.5, 0.6) is 0 Å². The van der Waals surface area contributed by atoms with Crippen molar-refractivity contribution in [3.63, 3.8) is 0 Å². The van der Waals surface area contributed by atoms with Crippen LogP contribution >= 0.6 is 0 Å². The molecule has 2 N–H and O–H groups in total. The second-order valence-corrected chi connectivity index (χ2v) is 7.23. The van der Waals surface area contributed by atoms with Gasteiger partial charge in [-0.25, -0.2) is 0 Å². The molecule has 0 atom stereocenters. The van der Waals surface area contributed by atoms with E-state index in [1.54, 1.807) is 57.2 Å². The minimum Gasteiger partial charge on any atom is -0.326 e. The molecule has 0 aliphatic heterocycles. The third kappa shape index (κ3) is 4.88. The van der Waals surface area contributed by atoms with Crippen LogP contribution in [-0.2, 0) is 9.59 Å². The number of benzene rings is 2. The van der Waals surface area contributed by atoms with E-state index in [-0.39, 0.29) is 11.8 Å². The predicted octanol–water partition coefficient (Wildman–Crippen LogP) is 3.92. The molecule has 0 heterocycles. The van der Waals surface area contributed by atoms with E-state index in [4.69, 9.17) is 0 Å². The minimum absolute atomic E-state index is 0.173. The number of anilines is 2. The van der Waals surface area contributed by atoms with E-state index in [2.05, 4.69) is 10.6 Å². The van der Waals surface area contributed by atoms with Gasteiger partial charge in [-0.05, 0) is 41.5 Å². The molecule has 6 heteroatoms. The zero-order valence-corrected chi connectivity index (χ0v) is 15.8. The van der Waals surface area contributed by atoms with Crippen LogP contribution in [0.4, 0.5) is 11.4 Å². The van der Waals surface area contributed by atoms with E-state index in [1.165, 1.54) is 6.92 Å². The van der Waals surface area contributed by atoms with Crippen LogP contribution in [-0.4, -0.2) is 24.4 Å². The largest absolute Gasteiger partial charge is 0.326 e. The Morgan fingerprint density at radius 3 is 1.96 bits per heavy atom. The third-order valence-corrected chi connectivity index (χ3v) is 3.91. The molecule has 0 unspecified atom stereocenters. The Morgan fingerprint density at radius 1 is 0.815 bits per heavy atom. The van der Waals surface area contributed by atoms with Crippen LogP contribution in [0, 0.1) is 5.41 Å². The highest BCUT2D eigenvalue weighted by Gasteiger charge is 2.21. The van der Waals surface area contributed by atoms with E-state index in [9.17, 15) is 19.2 Å². The van der Waals surface area contributed by atoms with Crippen LogP contribution in [0.2, 0.25) is 0 Å². The smallest absolute Gasteiger partial charge is 0.229 e. The van der Waals surface area contributed by atoms with Crippen molar-refractivity contribution in [2.75, 3.05) is 10.6 Å². The highest BCUT2D eigenvalue weighted by atomic mass is 16.2. The predicted molar refractivity (Wildman–Crippen MR) is 105 cm³/mol. The van der Waals surface area contributed by atoms with Gasteiger partial charge in [-0.2, -0.15) is 0 Å². The molecule has 0 saturated heterocycles. The maximum absolute atomic E-state index is 12.2. The Balaban J connectivity index is 2.49. The van der Waals surface area contributed by atoms with E-state index < -0.39 is 5.41 Å². The molecule has 0 aromatic heterocycles. The highest BCUT2D eigenvalue weighted by molar-refractivity contribution is 6.00. The van der Waals surface area contributed by atoms with E-state index >= 15 is 0 Å². The molecule has 0 bridgehead atoms. The molecular formula is C21H22N2O4. The molecule has 2 aromatic carbocycles. The summed E-state index contributed by atoms with van der Waals surface area (Å²) in [6.07, 6.45) is 1.36. The summed E-state index contributed by atoms with van der Waals surface area (Å²) < 4.78 is 0. The molecular weight excluding hydrogens is 344 g/mol. The van der Waals surface area contributed by atoms with Gasteiger partial charge in [0.25, 0.3) is 0 Å². The molecule has 140 valence electrons. The second-order valence-electron chi connectivity index (χ2n) is 7.23. The van der Waals surface area contributed by atoms with Crippen molar-refractivity contribution in [2.24, 2.45) is 5.41 Å². The van der Waals surface area contributed by atoms with Crippen LogP contribution in [0.25, 0.3) is 11.1 Å². The third-order valence-electron chi connectivity index (χ3n) is 3.91. The fourth-order valence-corrected chi connectivity index (χ4v) is 2.48. The molecule has 2 amide bonds. The first kappa shape index (κ1) is 20.0. The molecule has 6 nitrogen and oxygen atoms in total. The van der Waals surface area contributed by atoms with E-state index in [1.807, 2.05) is 0 Å². The standard InChI is InChI=1S/C21H22N2O4/c1-13(26)22-17-6-5-14(11-24)19(10-17)18-8-7-16(9-15(18)12-25)23-20(27)21(2,3)4/h5-12H,1-4H3,(H,22,26)(H,23,27). The topological polar surface area (TPSA) is 92.3 Å². The summed E-state index contributed by atoms with van der Waals surface area (Å²) in [5.74, 6) is -0.413. The number of carbonyl (C=O) groups excluding carboxylic acids is 4. The highest BCUT2D eigenvalue weighted by Crippen LogP contribution is 2.31. The van der Waals surface area contributed by atoms with Gasteiger partial charge in [0, 0.05) is 34.8 Å². The molecule has 0 saturated carbocycles. The fourth-order valence-electron chi connectivity index (χ4n) is 2.48. The first-order valence-corrected chi connectivity index (χ1v) is 8.43. The molecule has 0 fully saturated rings. The van der Waals surface area contributed by atoms with Gasteiger partial charge in [0.1, 0.15) is 0 Å². The lowest BCUT2D eigenvalue weighted by Gasteiger charge is -2.18. The van der Waals surface area contributed by atoms with E-state index in [0.29, 0.717) is 46.2 Å². The lowest BCUT2D eigenvalue weighted by atomic mass is 9.94. The van der Waals surface area contributed by atoms with Crippen LogP contribution in [0.3, 0.4) is 0 Å². The number of hydrogen-bond acceptors (Lipinski definition) is 4. The fraction of sp³-hybridized carbons (Fsp3) is 0.238. The number of hydrogen-bond donors (Lipinski definition) is 2. The maximum Gasteiger partial charge on any atom is 0.229 e. The molecule has 0 radical (unpaired) electrons. The average Bonchev–Trinajstić information content (AvgIpc) is 2.60. The van der Waals surface area contributed by atoms with Gasteiger partial charge in [-0.1, -0.05) is 26.8 Å². The van der Waals surface area contributed by atoms with Gasteiger partial charge >= 0.3 is 0 Å². The quantitative estimate of drug-likeness (QED) is 0.785. The molecule has 2 rings (SSSR count). The Kier molecular flexibility index (Phi) is 5.90. The summed E-state index contributed by atoms with van der Waals surface area (Å²) in [5, 5.41) is 5.43. The van der Waals surface area contributed by atoms with Crippen molar-refractivity contribution in [3.8, 4) is 11.1 Å².